The molecule has 0 spiro atoms. The predicted octanol–water partition coefficient (Wildman–Crippen LogP) is 15.8. The monoisotopic (exact) mass is 1230 g/mol. The van der Waals surface area contributed by atoms with Crippen LogP contribution < -0.4 is 24.0 Å². The molecule has 0 aromatic heterocycles. The van der Waals surface area contributed by atoms with Crippen molar-refractivity contribution < 1.29 is 60.9 Å². The van der Waals surface area contributed by atoms with Crippen LogP contribution in [0.5, 0.6) is 23.0 Å². The zero-order valence-corrected chi connectivity index (χ0v) is 52.7. The van der Waals surface area contributed by atoms with Crippen LogP contribution in [0.25, 0.3) is 32.7 Å². The number of unbranched alkanes of at least 4 members (excludes halogenated alkanes) is 5. The van der Waals surface area contributed by atoms with E-state index < -0.39 is 17.6 Å². The van der Waals surface area contributed by atoms with Gasteiger partial charge in [-0.3, -0.25) is 5.01 Å². The fraction of sp³-hybridized carbons (Fsp3) is 0.440. The Morgan fingerprint density at radius 3 is 2.13 bits per heavy atom. The lowest BCUT2D eigenvalue weighted by molar-refractivity contribution is -0.179. The molecule has 7 aromatic carbocycles. The summed E-state index contributed by atoms with van der Waals surface area (Å²) < 4.78 is 91.9. The Bertz CT molecular complexity index is 3480. The van der Waals surface area contributed by atoms with Gasteiger partial charge in [0.25, 0.3) is 0 Å². The maximum atomic E-state index is 16.3. The minimum Gasteiger partial charge on any atom is -0.494 e. The number of anilines is 1. The van der Waals surface area contributed by atoms with Gasteiger partial charge < -0.3 is 47.4 Å². The number of nitrogens with zero attached hydrogens (tertiary/aromatic N) is 2. The fourth-order valence-electron chi connectivity index (χ4n) is 12.0. The van der Waals surface area contributed by atoms with Gasteiger partial charge in [0.2, 0.25) is 0 Å². The SMILES string of the molecule is C=C(C)C(=O)OCCOCCN(/N=C/c1cc(CCc2ccc(-c3ccc(OCCCCCOCC4CC5CC(C4)O5)cc3)c(F)c2F)c2ccccc2c1OCc1ccc(OCCCCCCOCC2(CC)COC2)c(OC)c1)c1ccc2ccccc2c1. The largest absolute Gasteiger partial charge is 0.494 e. The second-order valence-electron chi connectivity index (χ2n) is 24.2. The third-order valence-corrected chi connectivity index (χ3v) is 17.4. The third kappa shape index (κ3) is 18.0. The first-order valence-electron chi connectivity index (χ1n) is 32.3. The number of esters is 1. The Morgan fingerprint density at radius 1 is 0.678 bits per heavy atom. The topological polar surface area (TPSA) is 125 Å². The summed E-state index contributed by atoms with van der Waals surface area (Å²) in [6, 6.07) is 40.6. The number of benzene rings is 7. The van der Waals surface area contributed by atoms with Crippen molar-refractivity contribution in [3.8, 4) is 34.1 Å². The van der Waals surface area contributed by atoms with Crippen molar-refractivity contribution in [2.24, 2.45) is 16.4 Å². The van der Waals surface area contributed by atoms with Crippen LogP contribution in [0.2, 0.25) is 0 Å². The predicted molar refractivity (Wildman–Crippen MR) is 350 cm³/mol. The Labute approximate surface area is 529 Å². The highest BCUT2D eigenvalue weighted by Crippen LogP contribution is 2.39. The van der Waals surface area contributed by atoms with Gasteiger partial charge in [0.15, 0.2) is 23.1 Å². The molecule has 4 aliphatic rings. The molecule has 90 heavy (non-hydrogen) atoms. The van der Waals surface area contributed by atoms with E-state index in [-0.39, 0.29) is 49.4 Å². The lowest BCUT2D eigenvalue weighted by Crippen LogP contribution is -2.46. The Hall–Kier alpha value is -7.40. The average Bonchev–Trinajstić information content (AvgIpc) is 1.40. The first-order valence-corrected chi connectivity index (χ1v) is 32.3. The van der Waals surface area contributed by atoms with E-state index >= 15 is 8.78 Å². The number of fused-ring (bicyclic) bond motifs is 4. The fourth-order valence-corrected chi connectivity index (χ4v) is 12.0. The molecule has 1 saturated carbocycles. The van der Waals surface area contributed by atoms with Crippen LogP contribution in [0.15, 0.2) is 145 Å². The number of carbonyl (C=O) groups is 1. The van der Waals surface area contributed by atoms with Crippen molar-refractivity contribution in [2.45, 2.75) is 116 Å². The first-order chi connectivity index (χ1) is 44.0. The van der Waals surface area contributed by atoms with Gasteiger partial charge in [-0.25, -0.2) is 13.6 Å². The smallest absolute Gasteiger partial charge is 0.333 e. The Morgan fingerprint density at radius 2 is 1.39 bits per heavy atom. The van der Waals surface area contributed by atoms with Crippen LogP contribution in [0.4, 0.5) is 14.5 Å². The first kappa shape index (κ1) is 65.5. The molecule has 0 radical (unpaired) electrons. The lowest BCUT2D eigenvalue weighted by atomic mass is 9.81. The Kier molecular flexibility index (Phi) is 24.1. The molecular formula is C75H88F2N2O11. The lowest BCUT2D eigenvalue weighted by Gasteiger charge is -2.45. The van der Waals surface area contributed by atoms with Crippen LogP contribution in [-0.2, 0) is 52.7 Å². The molecule has 2 atom stereocenters. The second kappa shape index (κ2) is 33.1. The second-order valence-corrected chi connectivity index (χ2v) is 24.2. The van der Waals surface area contributed by atoms with Crippen molar-refractivity contribution in [3.63, 3.8) is 0 Å². The highest BCUT2D eigenvalue weighted by molar-refractivity contribution is 6.00. The average molecular weight is 1230 g/mol. The summed E-state index contributed by atoms with van der Waals surface area (Å²) in [5, 5.41) is 10.9. The molecule has 15 heteroatoms. The number of hydrazone groups is 1. The molecular weight excluding hydrogens is 1140 g/mol. The molecule has 3 saturated heterocycles. The van der Waals surface area contributed by atoms with Crippen LogP contribution in [0.3, 0.4) is 0 Å². The molecule has 1 aliphatic carbocycles. The van der Waals surface area contributed by atoms with Crippen molar-refractivity contribution in [1.29, 1.82) is 0 Å². The summed E-state index contributed by atoms with van der Waals surface area (Å²) in [5.41, 5.74) is 4.80. The van der Waals surface area contributed by atoms with E-state index in [4.69, 9.17) is 52.5 Å². The summed E-state index contributed by atoms with van der Waals surface area (Å²) in [5.74, 6) is 0.923. The molecule has 0 amide bonds. The van der Waals surface area contributed by atoms with Crippen molar-refractivity contribution >= 4 is 39.4 Å². The van der Waals surface area contributed by atoms with E-state index in [0.29, 0.717) is 84.0 Å². The van der Waals surface area contributed by atoms with E-state index in [1.807, 2.05) is 83.9 Å². The van der Waals surface area contributed by atoms with Gasteiger partial charge in [-0.1, -0.05) is 105 Å². The molecule has 3 aliphatic heterocycles. The molecule has 13 nitrogen and oxygen atoms in total. The Balaban J connectivity index is 0.818. The number of rotatable bonds is 38. The van der Waals surface area contributed by atoms with Crippen LogP contribution in [-0.4, -0.2) is 111 Å². The summed E-state index contributed by atoms with van der Waals surface area (Å²) in [6.07, 6.45) is 14.7. The van der Waals surface area contributed by atoms with Crippen LogP contribution in [0.1, 0.15) is 107 Å². The maximum Gasteiger partial charge on any atom is 0.333 e. The zero-order valence-electron chi connectivity index (χ0n) is 52.7. The molecule has 2 bridgehead atoms. The van der Waals surface area contributed by atoms with Gasteiger partial charge in [0.05, 0.1) is 84.0 Å². The summed E-state index contributed by atoms with van der Waals surface area (Å²) >= 11 is 0. The third-order valence-electron chi connectivity index (χ3n) is 17.4. The highest BCUT2D eigenvalue weighted by Gasteiger charge is 2.39. The van der Waals surface area contributed by atoms with Gasteiger partial charge in [0, 0.05) is 47.3 Å². The molecule has 478 valence electrons. The molecule has 3 heterocycles. The summed E-state index contributed by atoms with van der Waals surface area (Å²) in [6.45, 7) is 14.4. The standard InChI is InChI=1S/C75H88F2N2O11/c1-5-75(51-85-52-75)50-84-35-13-6-7-15-37-87-69-32-21-54(43-70(69)81-4)49-89-73-61(47-78-79(33-38-82-39-40-88-74(80)53(2)3)62-28-24-56-17-9-10-18-59(56)45-62)44-60(66-19-11-12-20-68(66)73)23-22-58-27-31-67(72(77)71(58)76)57-25-29-63(30-26-57)86-36-16-8-14-34-83-48-55-41-64-46-65(42-55)90-64/h9-12,17-21,24-32,43-45,47,55,64-65H,2,5-8,13-16,22-23,33-42,46,48-52H2,1,3-4H3/b78-47+. The summed E-state index contributed by atoms with van der Waals surface area (Å²) in [7, 11) is 1.64. The maximum absolute atomic E-state index is 16.3. The van der Waals surface area contributed by atoms with Crippen LogP contribution >= 0.6 is 0 Å². The van der Waals surface area contributed by atoms with Crippen molar-refractivity contribution in [1.82, 2.24) is 0 Å². The van der Waals surface area contributed by atoms with Crippen molar-refractivity contribution in [2.75, 3.05) is 91.3 Å². The van der Waals surface area contributed by atoms with E-state index in [9.17, 15) is 4.79 Å². The summed E-state index contributed by atoms with van der Waals surface area (Å²) in [4.78, 5) is 12.0. The molecule has 2 unspecified atom stereocenters. The van der Waals surface area contributed by atoms with Gasteiger partial charge >= 0.3 is 5.97 Å². The molecule has 4 fully saturated rings. The van der Waals surface area contributed by atoms with Crippen LogP contribution in [0, 0.1) is 23.0 Å². The minimum absolute atomic E-state index is 0.0845. The number of halogens is 2. The van der Waals surface area contributed by atoms with Gasteiger partial charge in [-0.15, -0.1) is 0 Å². The molecule has 11 rings (SSSR count). The quantitative estimate of drug-likeness (QED) is 0.0120. The molecule has 0 N–H and O–H groups in total. The molecule has 7 aromatic rings. The number of ether oxygens (including phenoxy) is 10. The van der Waals surface area contributed by atoms with Gasteiger partial charge in [-0.05, 0) is 171 Å². The number of methoxy groups -OCH3 is 1. The number of hydrogen-bond acceptors (Lipinski definition) is 13. The minimum atomic E-state index is -0.895. The van der Waals surface area contributed by atoms with E-state index in [0.717, 1.165) is 142 Å². The van der Waals surface area contributed by atoms with Gasteiger partial charge in [0.1, 0.15) is 24.7 Å². The highest BCUT2D eigenvalue weighted by atomic mass is 19.2. The van der Waals surface area contributed by atoms with E-state index in [1.165, 1.54) is 6.42 Å². The normalized spacial score (nSPS) is 16.6. The zero-order chi connectivity index (χ0) is 62.5. The van der Waals surface area contributed by atoms with E-state index in [2.05, 4.69) is 37.8 Å². The van der Waals surface area contributed by atoms with Crippen molar-refractivity contribution in [3.05, 3.63) is 173 Å². The van der Waals surface area contributed by atoms with E-state index in [1.54, 1.807) is 44.5 Å². The number of carbonyl (C=O) groups excluding carboxylic acids is 1. The number of aryl methyl sites for hydroxylation is 2. The van der Waals surface area contributed by atoms with Gasteiger partial charge in [-0.2, -0.15) is 5.10 Å². The number of hydrogen-bond donors (Lipinski definition) is 0.